The van der Waals surface area contributed by atoms with E-state index in [0.717, 1.165) is 11.6 Å². The molecule has 8 nitrogen and oxygen atoms in total. The summed E-state index contributed by atoms with van der Waals surface area (Å²) < 4.78 is 40.7. The maximum atomic E-state index is 13.0. The Morgan fingerprint density at radius 2 is 1.31 bits per heavy atom. The smallest absolute Gasteiger partial charge is 0.202 e. The lowest BCUT2D eigenvalue weighted by Crippen LogP contribution is -2.65. The van der Waals surface area contributed by atoms with Crippen LogP contribution < -0.4 is 0 Å². The van der Waals surface area contributed by atoms with Gasteiger partial charge < -0.3 is 37.7 Å². The monoisotopic (exact) mass is 835 g/mol. The first-order valence-electron chi connectivity index (χ1n) is 21.0. The van der Waals surface area contributed by atoms with E-state index in [2.05, 4.69) is 142 Å². The summed E-state index contributed by atoms with van der Waals surface area (Å²) in [4.78, 5) is 0. The van der Waals surface area contributed by atoms with Crippen LogP contribution in [0.25, 0.3) is 0 Å². The van der Waals surface area contributed by atoms with Crippen molar-refractivity contribution in [1.82, 2.24) is 0 Å². The topological polar surface area (TPSA) is 95.8 Å². The van der Waals surface area contributed by atoms with Gasteiger partial charge in [-0.2, -0.15) is 0 Å². The molecular formula is C42H90O8Si4. The van der Waals surface area contributed by atoms with Gasteiger partial charge in [0.1, 0.15) is 12.9 Å². The van der Waals surface area contributed by atoms with Crippen molar-refractivity contribution in [2.45, 2.75) is 225 Å². The minimum atomic E-state index is -2.45. The molecular weight excluding hydrogens is 745 g/mol. The Kier molecular flexibility index (Phi) is 19.0. The van der Waals surface area contributed by atoms with Crippen molar-refractivity contribution >= 4 is 33.0 Å². The van der Waals surface area contributed by atoms with Crippen molar-refractivity contribution in [2.24, 2.45) is 5.41 Å². The maximum Gasteiger partial charge on any atom is 0.202 e. The largest absolute Gasteiger partial charge is 0.412 e. The molecule has 0 aromatic carbocycles. The fourth-order valence-corrected chi connectivity index (χ4v) is 16.1. The number of aliphatic hydroxyl groups is 2. The van der Waals surface area contributed by atoms with Gasteiger partial charge in [-0.05, 0) is 77.8 Å². The summed E-state index contributed by atoms with van der Waals surface area (Å²) in [6.45, 7) is 50.0. The van der Waals surface area contributed by atoms with Crippen molar-refractivity contribution in [3.05, 3.63) is 11.6 Å². The van der Waals surface area contributed by atoms with Crippen LogP contribution in [0.15, 0.2) is 11.6 Å². The summed E-state index contributed by atoms with van der Waals surface area (Å²) in [6.07, 6.45) is 1.38. The molecule has 0 aromatic rings. The number of aliphatic hydroxyl groups excluding tert-OH is 1. The van der Waals surface area contributed by atoms with Gasteiger partial charge in [-0.3, -0.25) is 0 Å². The molecule has 1 saturated heterocycles. The fourth-order valence-electron chi connectivity index (χ4n) is 7.29. The highest BCUT2D eigenvalue weighted by Crippen LogP contribution is 2.49. The van der Waals surface area contributed by atoms with Gasteiger partial charge >= 0.3 is 0 Å². The van der Waals surface area contributed by atoms with E-state index in [0.29, 0.717) is 42.7 Å². The highest BCUT2D eigenvalue weighted by atomic mass is 28.4. The number of rotatable bonds is 21. The first-order valence-corrected chi connectivity index (χ1v) is 32.7. The molecule has 12 heteroatoms. The highest BCUT2D eigenvalue weighted by Gasteiger charge is 2.59. The molecule has 0 amide bonds. The lowest BCUT2D eigenvalue weighted by molar-refractivity contribution is -0.337. The summed E-state index contributed by atoms with van der Waals surface area (Å²) in [7, 11) is -8.03. The minimum absolute atomic E-state index is 0.0249. The van der Waals surface area contributed by atoms with Crippen LogP contribution in [0, 0.1) is 5.41 Å². The Morgan fingerprint density at radius 1 is 0.815 bits per heavy atom. The van der Waals surface area contributed by atoms with Crippen LogP contribution in [0.2, 0.25) is 78.6 Å². The van der Waals surface area contributed by atoms with Gasteiger partial charge in [0.15, 0.2) is 16.6 Å². The summed E-state index contributed by atoms with van der Waals surface area (Å²) in [5.41, 5.74) is 1.23. The van der Waals surface area contributed by atoms with Gasteiger partial charge in [-0.1, -0.05) is 123 Å². The molecule has 54 heavy (non-hydrogen) atoms. The second-order valence-corrected chi connectivity index (χ2v) is 42.8. The van der Waals surface area contributed by atoms with Crippen LogP contribution in [0.4, 0.5) is 0 Å². The van der Waals surface area contributed by atoms with E-state index >= 15 is 0 Å². The second kappa shape index (κ2) is 19.6. The van der Waals surface area contributed by atoms with Crippen LogP contribution in [0.5, 0.6) is 0 Å². The molecule has 1 heterocycles. The zero-order valence-electron chi connectivity index (χ0n) is 39.4. The number of hydrogen-bond acceptors (Lipinski definition) is 8. The van der Waals surface area contributed by atoms with Gasteiger partial charge in [-0.25, -0.2) is 0 Å². The lowest BCUT2D eigenvalue weighted by atomic mass is 9.75. The zero-order chi connectivity index (χ0) is 42.5. The highest BCUT2D eigenvalue weighted by molar-refractivity contribution is 6.77. The van der Waals surface area contributed by atoms with Crippen LogP contribution in [-0.4, -0.2) is 100 Å². The molecule has 5 atom stereocenters. The van der Waals surface area contributed by atoms with Gasteiger partial charge in [0, 0.05) is 26.5 Å². The Morgan fingerprint density at radius 3 is 1.74 bits per heavy atom. The normalized spacial score (nSPS) is 23.6. The van der Waals surface area contributed by atoms with Crippen molar-refractivity contribution in [1.29, 1.82) is 0 Å². The SMILES string of the molecule is CC(C)[Si](OC/C=C1\C[C@@H](C[C@@H](OCOCC[Si](C)(C)C)[C@@H](C)O[Si](C)(C)C(C)(C)C)O[C@@](O)(C(C)(C)CO)[C@H]1O[Si](C)(C)C(C)(C)C)(C(C)C)C(C)C. The average Bonchev–Trinajstić information content (AvgIpc) is 2.97. The van der Waals surface area contributed by atoms with Crippen LogP contribution in [0.1, 0.15) is 117 Å². The van der Waals surface area contributed by atoms with Crippen LogP contribution >= 0.6 is 0 Å². The third-order valence-corrected chi connectivity index (χ3v) is 29.9. The predicted octanol–water partition coefficient (Wildman–Crippen LogP) is 11.5. The van der Waals surface area contributed by atoms with Gasteiger partial charge in [0.25, 0.3) is 0 Å². The maximum absolute atomic E-state index is 13.0. The Balaban J connectivity index is 3.82. The molecule has 1 fully saturated rings. The van der Waals surface area contributed by atoms with Gasteiger partial charge in [0.05, 0.1) is 31.5 Å². The molecule has 0 spiro atoms. The van der Waals surface area contributed by atoms with Gasteiger partial charge in [-0.15, -0.1) is 0 Å². The third kappa shape index (κ3) is 13.4. The summed E-state index contributed by atoms with van der Waals surface area (Å²) in [6, 6.07) is 1.06. The summed E-state index contributed by atoms with van der Waals surface area (Å²) in [5, 5.41) is 23.7. The Bertz CT molecular complexity index is 1140. The van der Waals surface area contributed by atoms with Crippen molar-refractivity contribution in [3.8, 4) is 0 Å². The minimum Gasteiger partial charge on any atom is -0.412 e. The van der Waals surface area contributed by atoms with Crippen molar-refractivity contribution < 1.29 is 37.7 Å². The molecule has 1 rings (SSSR count). The molecule has 0 saturated carbocycles. The number of ether oxygens (including phenoxy) is 3. The Hall–Kier alpha value is 0.288. The predicted molar refractivity (Wildman–Crippen MR) is 239 cm³/mol. The van der Waals surface area contributed by atoms with Crippen LogP contribution in [-0.2, 0) is 27.5 Å². The summed E-state index contributed by atoms with van der Waals surface area (Å²) in [5.74, 6) is -1.82. The summed E-state index contributed by atoms with van der Waals surface area (Å²) >= 11 is 0. The van der Waals surface area contributed by atoms with Gasteiger partial charge in [0.2, 0.25) is 14.1 Å². The lowest BCUT2D eigenvalue weighted by Gasteiger charge is -2.54. The van der Waals surface area contributed by atoms with Crippen molar-refractivity contribution in [2.75, 3.05) is 26.6 Å². The van der Waals surface area contributed by atoms with Crippen LogP contribution in [0.3, 0.4) is 0 Å². The molecule has 2 N–H and O–H groups in total. The molecule has 1 aliphatic heterocycles. The van der Waals surface area contributed by atoms with E-state index in [-0.39, 0.29) is 35.7 Å². The van der Waals surface area contributed by atoms with E-state index in [1.165, 1.54) is 0 Å². The van der Waals surface area contributed by atoms with E-state index in [9.17, 15) is 10.2 Å². The first-order chi connectivity index (χ1) is 24.1. The molecule has 0 radical (unpaired) electrons. The van der Waals surface area contributed by atoms with E-state index < -0.39 is 56.4 Å². The van der Waals surface area contributed by atoms with E-state index in [1.807, 2.05) is 13.8 Å². The zero-order valence-corrected chi connectivity index (χ0v) is 43.4. The molecule has 1 aliphatic rings. The number of hydrogen-bond donors (Lipinski definition) is 2. The molecule has 0 aliphatic carbocycles. The fraction of sp³-hybridized carbons (Fsp3) is 0.952. The standard InChI is InChI=1S/C42H90O8Si4/c1-31(2)54(32(3)4,33(5)6)47-24-23-35-27-36(48-42(44,41(14,15)29-43)38(35)50-53(21,22)40(11,12)13)28-37(46-30-45-25-26-51(16,17)18)34(7)49-52(19,20)39(8,9)10/h23,31-34,36-38,43-44H,24-30H2,1-22H3/b35-23+/t34-,36+,37-,38+,42-/m1/s1. The molecule has 0 unspecified atom stereocenters. The first kappa shape index (κ1) is 52.3. The quantitative estimate of drug-likeness (QED) is 0.0511. The average molecular weight is 836 g/mol. The van der Waals surface area contributed by atoms with Crippen molar-refractivity contribution in [3.63, 3.8) is 0 Å². The molecule has 0 bridgehead atoms. The third-order valence-electron chi connectivity index (χ3n) is 13.1. The van der Waals surface area contributed by atoms with E-state index in [1.54, 1.807) is 0 Å². The molecule has 0 aromatic heterocycles. The second-order valence-electron chi connectivity index (χ2n) is 22.2. The van der Waals surface area contributed by atoms with E-state index in [4.69, 9.17) is 27.5 Å². The Labute approximate surface area is 338 Å². The molecule has 322 valence electrons.